The first-order chi connectivity index (χ1) is 10.9. The zero-order valence-corrected chi connectivity index (χ0v) is 15.2. The van der Waals surface area contributed by atoms with Gasteiger partial charge in [-0.1, -0.05) is 12.1 Å². The van der Waals surface area contributed by atoms with E-state index in [9.17, 15) is 13.2 Å². The molecule has 1 aliphatic heterocycles. The van der Waals surface area contributed by atoms with Gasteiger partial charge in [0.15, 0.2) is 0 Å². The van der Waals surface area contributed by atoms with E-state index in [-0.39, 0.29) is 29.8 Å². The van der Waals surface area contributed by atoms with E-state index in [1.165, 1.54) is 12.1 Å². The average molecular weight is 378 g/mol. The van der Waals surface area contributed by atoms with Crippen LogP contribution in [0.15, 0.2) is 29.2 Å². The van der Waals surface area contributed by atoms with Crippen molar-refractivity contribution in [3.05, 3.63) is 29.8 Å². The van der Waals surface area contributed by atoms with Gasteiger partial charge < -0.3 is 15.4 Å². The molecule has 1 aromatic carbocycles. The van der Waals surface area contributed by atoms with Crippen LogP contribution >= 0.6 is 12.4 Å². The molecule has 1 fully saturated rings. The second-order valence-corrected chi connectivity index (χ2v) is 7.40. The first kappa shape index (κ1) is 20.9. The Morgan fingerprint density at radius 3 is 2.62 bits per heavy atom. The van der Waals surface area contributed by atoms with E-state index >= 15 is 0 Å². The van der Waals surface area contributed by atoms with Gasteiger partial charge in [0.05, 0.1) is 16.9 Å². The van der Waals surface area contributed by atoms with Crippen molar-refractivity contribution in [2.24, 2.45) is 10.6 Å². The summed E-state index contributed by atoms with van der Waals surface area (Å²) in [6, 6.07) is 6.26. The average Bonchev–Trinajstić information content (AvgIpc) is 2.53. The van der Waals surface area contributed by atoms with Gasteiger partial charge in [-0.15, -0.1) is 12.4 Å². The predicted octanol–water partition coefficient (Wildman–Crippen LogP) is 0.388. The molecule has 0 unspecified atom stereocenters. The molecule has 0 spiro atoms. The van der Waals surface area contributed by atoms with Gasteiger partial charge in [0.1, 0.15) is 0 Å². The molecular formula is C15H24ClN3O4S. The molecule has 4 N–H and O–H groups in total. The van der Waals surface area contributed by atoms with Crippen molar-refractivity contribution < 1.29 is 17.9 Å². The summed E-state index contributed by atoms with van der Waals surface area (Å²) in [5.41, 5.74) is 0.156. The molecule has 1 aromatic rings. The first-order valence-electron chi connectivity index (χ1n) is 7.47. The first-order valence-corrected chi connectivity index (χ1v) is 9.02. The highest BCUT2D eigenvalue weighted by molar-refractivity contribution is 7.89. The lowest BCUT2D eigenvalue weighted by molar-refractivity contribution is -0.136. The molecule has 1 saturated heterocycles. The number of sulfonamides is 1. The van der Waals surface area contributed by atoms with Crippen molar-refractivity contribution in [1.82, 2.24) is 10.6 Å². The molecule has 0 saturated carbocycles. The van der Waals surface area contributed by atoms with Crippen LogP contribution in [-0.4, -0.2) is 41.1 Å². The van der Waals surface area contributed by atoms with Gasteiger partial charge in [-0.25, -0.2) is 13.6 Å². The fraction of sp³-hybridized carbons (Fsp3) is 0.533. The fourth-order valence-electron chi connectivity index (χ4n) is 2.82. The molecule has 0 bridgehead atoms. The molecule has 136 valence electrons. The van der Waals surface area contributed by atoms with E-state index in [1.807, 2.05) is 0 Å². The summed E-state index contributed by atoms with van der Waals surface area (Å²) in [5, 5.41) is 11.2. The number of methoxy groups -OCH3 is 1. The molecule has 0 aliphatic carbocycles. The maximum atomic E-state index is 12.6. The summed E-state index contributed by atoms with van der Waals surface area (Å²) in [7, 11) is -2.16. The van der Waals surface area contributed by atoms with Crippen molar-refractivity contribution in [2.45, 2.75) is 24.3 Å². The zero-order valence-electron chi connectivity index (χ0n) is 13.6. The van der Waals surface area contributed by atoms with Crippen LogP contribution in [0, 0.1) is 5.41 Å². The van der Waals surface area contributed by atoms with Crippen LogP contribution in [0.25, 0.3) is 0 Å². The number of benzene rings is 1. The van der Waals surface area contributed by atoms with E-state index in [1.54, 1.807) is 19.2 Å². The Hall–Kier alpha value is -1.19. The van der Waals surface area contributed by atoms with Crippen molar-refractivity contribution in [3.63, 3.8) is 0 Å². The standard InChI is InChI=1S/C15H23N3O4S.ClH/c1-22-11-15(5-7-17-8-6-15)14(19)18-10-12-3-2-4-13(9-12)23(16,20)21;/h2-4,9,17H,5-8,10-11H2,1H3,(H,18,19)(H2,16,20,21);1H. The van der Waals surface area contributed by atoms with Crippen LogP contribution in [-0.2, 0) is 26.1 Å². The van der Waals surface area contributed by atoms with Crippen molar-refractivity contribution in [2.75, 3.05) is 26.8 Å². The Kier molecular flexibility index (Phi) is 7.62. The summed E-state index contributed by atoms with van der Waals surface area (Å²) in [4.78, 5) is 12.6. The Balaban J connectivity index is 0.00000288. The van der Waals surface area contributed by atoms with E-state index in [2.05, 4.69) is 10.6 Å². The maximum Gasteiger partial charge on any atom is 0.238 e. The van der Waals surface area contributed by atoms with E-state index in [0.717, 1.165) is 13.1 Å². The largest absolute Gasteiger partial charge is 0.384 e. The van der Waals surface area contributed by atoms with Crippen LogP contribution < -0.4 is 15.8 Å². The molecule has 1 heterocycles. The Labute approximate surface area is 148 Å². The number of hydrogen-bond acceptors (Lipinski definition) is 5. The SMILES string of the molecule is COCC1(C(=O)NCc2cccc(S(N)(=O)=O)c2)CCNCC1.Cl. The number of nitrogens with two attached hydrogens (primary N) is 1. The number of amides is 1. The summed E-state index contributed by atoms with van der Waals surface area (Å²) in [6.07, 6.45) is 1.42. The van der Waals surface area contributed by atoms with Crippen molar-refractivity contribution >= 4 is 28.3 Å². The van der Waals surface area contributed by atoms with Gasteiger partial charge in [-0.05, 0) is 43.6 Å². The van der Waals surface area contributed by atoms with Gasteiger partial charge in [-0.2, -0.15) is 0 Å². The smallest absolute Gasteiger partial charge is 0.238 e. The molecule has 7 nitrogen and oxygen atoms in total. The monoisotopic (exact) mass is 377 g/mol. The lowest BCUT2D eigenvalue weighted by Gasteiger charge is -2.35. The van der Waals surface area contributed by atoms with Gasteiger partial charge in [0, 0.05) is 13.7 Å². The summed E-state index contributed by atoms with van der Waals surface area (Å²) >= 11 is 0. The molecular weight excluding hydrogens is 354 g/mol. The minimum Gasteiger partial charge on any atom is -0.384 e. The van der Waals surface area contributed by atoms with Crippen molar-refractivity contribution in [3.8, 4) is 0 Å². The predicted molar refractivity (Wildman–Crippen MR) is 93.3 cm³/mol. The number of hydrogen-bond donors (Lipinski definition) is 3. The molecule has 24 heavy (non-hydrogen) atoms. The van der Waals surface area contributed by atoms with Gasteiger partial charge >= 0.3 is 0 Å². The maximum absolute atomic E-state index is 12.6. The van der Waals surface area contributed by atoms with Gasteiger partial charge in [0.2, 0.25) is 15.9 Å². The number of ether oxygens (including phenoxy) is 1. The Morgan fingerprint density at radius 2 is 2.04 bits per heavy atom. The van der Waals surface area contributed by atoms with Crippen LogP contribution in [0.1, 0.15) is 18.4 Å². The van der Waals surface area contributed by atoms with Crippen LogP contribution in [0.5, 0.6) is 0 Å². The number of carbonyl (C=O) groups is 1. The molecule has 9 heteroatoms. The van der Waals surface area contributed by atoms with Crippen LogP contribution in [0.2, 0.25) is 0 Å². The summed E-state index contributed by atoms with van der Waals surface area (Å²) in [5.74, 6) is -0.0677. The normalized spacial score (nSPS) is 16.9. The number of nitrogens with one attached hydrogen (secondary N) is 2. The summed E-state index contributed by atoms with van der Waals surface area (Å²) in [6.45, 7) is 2.17. The van der Waals surface area contributed by atoms with Gasteiger partial charge in [-0.3, -0.25) is 4.79 Å². The molecule has 1 aliphatic rings. The van der Waals surface area contributed by atoms with Crippen LogP contribution in [0.4, 0.5) is 0 Å². The number of rotatable bonds is 6. The molecule has 1 amide bonds. The number of primary sulfonamides is 1. The minimum atomic E-state index is -3.75. The van der Waals surface area contributed by atoms with E-state index in [4.69, 9.17) is 9.88 Å². The Bertz CT molecular complexity index is 655. The van der Waals surface area contributed by atoms with E-state index < -0.39 is 15.4 Å². The quantitative estimate of drug-likeness (QED) is 0.664. The zero-order chi connectivity index (χ0) is 16.9. The third-order valence-corrected chi connectivity index (χ3v) is 5.05. The Morgan fingerprint density at radius 1 is 1.38 bits per heavy atom. The molecule has 2 rings (SSSR count). The second kappa shape index (κ2) is 8.77. The number of piperidine rings is 1. The molecule has 0 radical (unpaired) electrons. The summed E-state index contributed by atoms with van der Waals surface area (Å²) < 4.78 is 28.0. The molecule has 0 aromatic heterocycles. The second-order valence-electron chi connectivity index (χ2n) is 5.84. The third kappa shape index (κ3) is 5.15. The number of carbonyl (C=O) groups excluding carboxylic acids is 1. The third-order valence-electron chi connectivity index (χ3n) is 4.14. The highest BCUT2D eigenvalue weighted by Crippen LogP contribution is 2.29. The fourth-order valence-corrected chi connectivity index (χ4v) is 3.40. The van der Waals surface area contributed by atoms with Crippen molar-refractivity contribution in [1.29, 1.82) is 0 Å². The van der Waals surface area contributed by atoms with Gasteiger partial charge in [0.25, 0.3) is 0 Å². The lowest BCUT2D eigenvalue weighted by Crippen LogP contribution is -2.49. The molecule has 0 atom stereocenters. The topological polar surface area (TPSA) is 111 Å². The highest BCUT2D eigenvalue weighted by Gasteiger charge is 2.39. The van der Waals surface area contributed by atoms with Crippen LogP contribution in [0.3, 0.4) is 0 Å². The number of halogens is 1. The van der Waals surface area contributed by atoms with E-state index in [0.29, 0.717) is 25.0 Å². The highest BCUT2D eigenvalue weighted by atomic mass is 35.5. The minimum absolute atomic E-state index is 0. The lowest BCUT2D eigenvalue weighted by atomic mass is 9.78.